The summed E-state index contributed by atoms with van der Waals surface area (Å²) in [6.07, 6.45) is 5.24. The molecular formula is C17H13FN4O2. The maximum Gasteiger partial charge on any atom is 0.356 e. The smallest absolute Gasteiger partial charge is 0.356 e. The number of halogens is 1. The molecule has 0 saturated heterocycles. The quantitative estimate of drug-likeness (QED) is 0.750. The molecule has 1 N–H and O–H groups in total. The van der Waals surface area contributed by atoms with Crippen molar-refractivity contribution < 1.29 is 14.3 Å². The fourth-order valence-electron chi connectivity index (χ4n) is 2.90. The predicted molar refractivity (Wildman–Crippen MR) is 85.6 cm³/mol. The zero-order valence-corrected chi connectivity index (χ0v) is 12.5. The van der Waals surface area contributed by atoms with E-state index >= 15 is 0 Å². The molecule has 0 fully saturated rings. The van der Waals surface area contributed by atoms with Crippen molar-refractivity contribution in [1.29, 1.82) is 0 Å². The molecule has 0 radical (unpaired) electrons. The van der Waals surface area contributed by atoms with E-state index in [2.05, 4.69) is 10.1 Å². The summed E-state index contributed by atoms with van der Waals surface area (Å²) in [4.78, 5) is 17.3. The first kappa shape index (κ1) is 14.4. The van der Waals surface area contributed by atoms with Gasteiger partial charge in [0.15, 0.2) is 17.2 Å². The van der Waals surface area contributed by atoms with E-state index < -0.39 is 5.97 Å². The van der Waals surface area contributed by atoms with E-state index in [1.165, 1.54) is 22.8 Å². The van der Waals surface area contributed by atoms with Gasteiger partial charge in [0.25, 0.3) is 0 Å². The van der Waals surface area contributed by atoms with Crippen LogP contribution in [0.4, 0.5) is 10.2 Å². The molecule has 1 atom stereocenters. The molecule has 0 saturated carbocycles. The Hall–Kier alpha value is -3.22. The number of fused-ring (bicyclic) bond motifs is 1. The Balaban J connectivity index is 1.76. The summed E-state index contributed by atoms with van der Waals surface area (Å²) in [7, 11) is 0. The lowest BCUT2D eigenvalue weighted by Crippen LogP contribution is -2.25. The van der Waals surface area contributed by atoms with Gasteiger partial charge in [-0.1, -0.05) is 24.3 Å². The molecule has 2 aromatic heterocycles. The van der Waals surface area contributed by atoms with Crippen LogP contribution in [0.25, 0.3) is 5.65 Å². The molecule has 0 bridgehead atoms. The van der Waals surface area contributed by atoms with Crippen LogP contribution in [0, 0.1) is 5.82 Å². The lowest BCUT2D eigenvalue weighted by Gasteiger charge is -2.26. The molecule has 1 aliphatic heterocycles. The zero-order chi connectivity index (χ0) is 16.7. The Morgan fingerprint density at radius 1 is 1.29 bits per heavy atom. The van der Waals surface area contributed by atoms with Crippen molar-refractivity contribution in [2.45, 2.75) is 6.04 Å². The number of nitrogens with zero attached hydrogens (tertiary/aromatic N) is 4. The minimum atomic E-state index is -1.09. The molecule has 0 spiro atoms. The van der Waals surface area contributed by atoms with Crippen LogP contribution in [0.2, 0.25) is 0 Å². The highest BCUT2D eigenvalue weighted by molar-refractivity contribution is 5.86. The van der Waals surface area contributed by atoms with Gasteiger partial charge in [0, 0.05) is 6.54 Å². The SMILES string of the molecule is O=C(O)c1cnc2ccc(N3CC=CC3c3cccc(F)c3)nn12. The summed E-state index contributed by atoms with van der Waals surface area (Å²) < 4.78 is 14.8. The van der Waals surface area contributed by atoms with Gasteiger partial charge in [0.1, 0.15) is 5.82 Å². The largest absolute Gasteiger partial charge is 0.476 e. The third-order valence-corrected chi connectivity index (χ3v) is 4.01. The van der Waals surface area contributed by atoms with Crippen LogP contribution >= 0.6 is 0 Å². The Morgan fingerprint density at radius 3 is 2.96 bits per heavy atom. The summed E-state index contributed by atoms with van der Waals surface area (Å²) in [5, 5.41) is 13.6. The molecule has 7 heteroatoms. The Morgan fingerprint density at radius 2 is 2.17 bits per heavy atom. The first-order chi connectivity index (χ1) is 11.6. The summed E-state index contributed by atoms with van der Waals surface area (Å²) in [5.41, 5.74) is 1.28. The van der Waals surface area contributed by atoms with Gasteiger partial charge in [-0.25, -0.2) is 18.7 Å². The third-order valence-electron chi connectivity index (χ3n) is 4.01. The first-order valence-corrected chi connectivity index (χ1v) is 7.40. The van der Waals surface area contributed by atoms with Gasteiger partial charge in [-0.3, -0.25) is 0 Å². The van der Waals surface area contributed by atoms with Crippen LogP contribution in [-0.4, -0.2) is 32.2 Å². The predicted octanol–water partition coefficient (Wildman–Crippen LogP) is 2.68. The summed E-state index contributed by atoms with van der Waals surface area (Å²) in [6, 6.07) is 9.78. The number of rotatable bonds is 3. The highest BCUT2D eigenvalue weighted by atomic mass is 19.1. The molecule has 120 valence electrons. The lowest BCUT2D eigenvalue weighted by molar-refractivity contribution is 0.0688. The number of imidazole rings is 1. The van der Waals surface area contributed by atoms with Gasteiger partial charge < -0.3 is 10.0 Å². The van der Waals surface area contributed by atoms with Gasteiger partial charge >= 0.3 is 5.97 Å². The molecule has 4 rings (SSSR count). The molecule has 0 aliphatic carbocycles. The fourth-order valence-corrected chi connectivity index (χ4v) is 2.90. The van der Waals surface area contributed by atoms with Crippen molar-refractivity contribution in [1.82, 2.24) is 14.6 Å². The third kappa shape index (κ3) is 2.30. The molecule has 1 unspecified atom stereocenters. The van der Waals surface area contributed by atoms with Crippen LogP contribution in [0.15, 0.2) is 54.7 Å². The van der Waals surface area contributed by atoms with Crippen molar-refractivity contribution in [2.75, 3.05) is 11.4 Å². The van der Waals surface area contributed by atoms with E-state index in [1.54, 1.807) is 18.2 Å². The maximum atomic E-state index is 13.5. The molecule has 1 aliphatic rings. The standard InChI is InChI=1S/C17H13FN4O2/c18-12-4-1-3-11(9-12)13-5-2-8-21(13)16-7-6-15-19-10-14(17(23)24)22(15)20-16/h1-7,9-10,13H,8H2,(H,23,24). The number of carbonyl (C=O) groups is 1. The van der Waals surface area contributed by atoms with Gasteiger partial charge in [-0.05, 0) is 29.8 Å². The number of hydrogen-bond acceptors (Lipinski definition) is 4. The van der Waals surface area contributed by atoms with Crippen LogP contribution in [-0.2, 0) is 0 Å². The minimum absolute atomic E-state index is 0.00121. The maximum absolute atomic E-state index is 13.5. The minimum Gasteiger partial charge on any atom is -0.476 e. The van der Waals surface area contributed by atoms with E-state index in [1.807, 2.05) is 23.1 Å². The number of benzene rings is 1. The van der Waals surface area contributed by atoms with Gasteiger partial charge in [-0.15, -0.1) is 5.10 Å². The normalized spacial score (nSPS) is 16.9. The summed E-state index contributed by atoms with van der Waals surface area (Å²) in [5.74, 6) is -0.783. The van der Waals surface area contributed by atoms with Crippen molar-refractivity contribution >= 4 is 17.4 Å². The van der Waals surface area contributed by atoms with E-state index in [-0.39, 0.29) is 17.6 Å². The monoisotopic (exact) mass is 324 g/mol. The Kier molecular flexibility index (Phi) is 3.26. The lowest BCUT2D eigenvalue weighted by atomic mass is 10.1. The molecular weight excluding hydrogens is 311 g/mol. The molecule has 1 aromatic carbocycles. The Bertz CT molecular complexity index is 966. The molecule has 3 heterocycles. The molecule has 6 nitrogen and oxygen atoms in total. The van der Waals surface area contributed by atoms with E-state index in [0.29, 0.717) is 18.0 Å². The Labute approximate surface area is 136 Å². The van der Waals surface area contributed by atoms with E-state index in [0.717, 1.165) is 5.56 Å². The average molecular weight is 324 g/mol. The summed E-state index contributed by atoms with van der Waals surface area (Å²) >= 11 is 0. The van der Waals surface area contributed by atoms with E-state index in [9.17, 15) is 14.3 Å². The second kappa shape index (κ2) is 5.45. The zero-order valence-electron chi connectivity index (χ0n) is 12.5. The molecule has 3 aromatic rings. The second-order valence-corrected chi connectivity index (χ2v) is 5.49. The van der Waals surface area contributed by atoms with Crippen molar-refractivity contribution in [3.63, 3.8) is 0 Å². The van der Waals surface area contributed by atoms with Gasteiger partial charge in [-0.2, -0.15) is 0 Å². The highest BCUT2D eigenvalue weighted by Gasteiger charge is 2.24. The van der Waals surface area contributed by atoms with Crippen molar-refractivity contribution in [2.24, 2.45) is 0 Å². The first-order valence-electron chi connectivity index (χ1n) is 7.40. The average Bonchev–Trinajstić information content (AvgIpc) is 3.21. The number of aromatic carboxylic acids is 1. The van der Waals surface area contributed by atoms with E-state index in [4.69, 9.17) is 0 Å². The van der Waals surface area contributed by atoms with Crippen LogP contribution in [0.5, 0.6) is 0 Å². The summed E-state index contributed by atoms with van der Waals surface area (Å²) in [6.45, 7) is 0.608. The van der Waals surface area contributed by atoms with Crippen molar-refractivity contribution in [3.8, 4) is 0 Å². The van der Waals surface area contributed by atoms with Gasteiger partial charge in [0.05, 0.1) is 12.2 Å². The number of anilines is 1. The topological polar surface area (TPSA) is 70.7 Å². The number of hydrogen-bond donors (Lipinski definition) is 1. The fraction of sp³-hybridized carbons (Fsp3) is 0.118. The van der Waals surface area contributed by atoms with Crippen LogP contribution in [0.3, 0.4) is 0 Å². The van der Waals surface area contributed by atoms with Crippen molar-refractivity contribution in [3.05, 3.63) is 71.8 Å². The van der Waals surface area contributed by atoms with Crippen LogP contribution < -0.4 is 4.90 Å². The molecule has 24 heavy (non-hydrogen) atoms. The number of carboxylic acids is 1. The highest BCUT2D eigenvalue weighted by Crippen LogP contribution is 2.31. The number of carboxylic acid groups (broad SMARTS) is 1. The van der Waals surface area contributed by atoms with Crippen LogP contribution in [0.1, 0.15) is 22.1 Å². The molecule has 0 amide bonds. The van der Waals surface area contributed by atoms with Gasteiger partial charge in [0.2, 0.25) is 0 Å². The second-order valence-electron chi connectivity index (χ2n) is 5.49. The number of aromatic nitrogens is 3.